The van der Waals surface area contributed by atoms with Crippen LogP contribution >= 0.6 is 0 Å². The molecule has 6 heteroatoms. The van der Waals surface area contributed by atoms with Gasteiger partial charge in [0.2, 0.25) is 11.8 Å². The van der Waals surface area contributed by atoms with E-state index in [1.165, 1.54) is 4.90 Å². The number of anilines is 1. The monoisotopic (exact) mass is 282 g/mol. The van der Waals surface area contributed by atoms with Gasteiger partial charge in [0.1, 0.15) is 0 Å². The Balaban J connectivity index is 2.60. The van der Waals surface area contributed by atoms with Gasteiger partial charge in [0.25, 0.3) is 0 Å². The van der Waals surface area contributed by atoms with Gasteiger partial charge < -0.3 is 16.4 Å². The average Bonchev–Trinajstić information content (AvgIpc) is 2.44. The molecule has 0 spiro atoms. The zero-order chi connectivity index (χ0) is 15.4. The van der Waals surface area contributed by atoms with Crippen LogP contribution in [0.1, 0.15) is 5.56 Å². The number of benzene rings is 2. The fourth-order valence-corrected chi connectivity index (χ4v) is 2.26. The van der Waals surface area contributed by atoms with Crippen LogP contribution in [0.25, 0.3) is 10.8 Å². The molecular weight excluding hydrogens is 268 g/mol. The first-order valence-corrected chi connectivity index (χ1v) is 6.26. The number of nitriles is 1. The van der Waals surface area contributed by atoms with E-state index in [-0.39, 0.29) is 13.1 Å². The third-order valence-electron chi connectivity index (χ3n) is 3.06. The Labute approximate surface area is 121 Å². The zero-order valence-electron chi connectivity index (χ0n) is 11.2. The summed E-state index contributed by atoms with van der Waals surface area (Å²) in [7, 11) is 0. The molecule has 4 N–H and O–H groups in total. The third-order valence-corrected chi connectivity index (χ3v) is 3.06. The van der Waals surface area contributed by atoms with Crippen molar-refractivity contribution in [2.75, 3.05) is 18.0 Å². The van der Waals surface area contributed by atoms with Crippen LogP contribution in [0.2, 0.25) is 0 Å². The number of fused-ring (bicyclic) bond motifs is 1. The summed E-state index contributed by atoms with van der Waals surface area (Å²) in [5.41, 5.74) is 11.6. The smallest absolute Gasteiger partial charge is 0.236 e. The summed E-state index contributed by atoms with van der Waals surface area (Å²) in [6, 6.07) is 12.7. The number of nitrogens with zero attached hydrogens (tertiary/aromatic N) is 2. The molecule has 0 aliphatic rings. The maximum absolute atomic E-state index is 11.2. The molecule has 106 valence electrons. The Hall–Kier alpha value is -3.07. The highest BCUT2D eigenvalue weighted by Crippen LogP contribution is 2.29. The van der Waals surface area contributed by atoms with Crippen LogP contribution in [-0.4, -0.2) is 24.9 Å². The normalized spacial score (nSPS) is 10.0. The molecule has 2 aromatic rings. The van der Waals surface area contributed by atoms with Gasteiger partial charge in [-0.2, -0.15) is 5.26 Å². The molecule has 0 saturated heterocycles. The highest BCUT2D eigenvalue weighted by Gasteiger charge is 2.16. The molecule has 0 unspecified atom stereocenters. The summed E-state index contributed by atoms with van der Waals surface area (Å²) in [5, 5.41) is 10.7. The Morgan fingerprint density at radius 3 is 2.10 bits per heavy atom. The number of hydrogen-bond donors (Lipinski definition) is 2. The van der Waals surface area contributed by atoms with Gasteiger partial charge in [-0.3, -0.25) is 9.59 Å². The summed E-state index contributed by atoms with van der Waals surface area (Å²) in [6.45, 7) is -0.252. The van der Waals surface area contributed by atoms with Gasteiger partial charge in [-0.15, -0.1) is 0 Å². The molecule has 0 atom stereocenters. The van der Waals surface area contributed by atoms with E-state index in [0.29, 0.717) is 11.3 Å². The van der Waals surface area contributed by atoms with Gasteiger partial charge in [0, 0.05) is 16.5 Å². The van der Waals surface area contributed by atoms with Crippen molar-refractivity contribution in [3.8, 4) is 6.07 Å². The molecule has 0 heterocycles. The lowest BCUT2D eigenvalue weighted by Crippen LogP contribution is -2.39. The third kappa shape index (κ3) is 3.09. The fourth-order valence-electron chi connectivity index (χ4n) is 2.26. The lowest BCUT2D eigenvalue weighted by Gasteiger charge is -2.23. The fraction of sp³-hybridized carbons (Fsp3) is 0.133. The van der Waals surface area contributed by atoms with E-state index in [4.69, 9.17) is 16.7 Å². The van der Waals surface area contributed by atoms with Crippen molar-refractivity contribution in [3.63, 3.8) is 0 Å². The number of carbonyl (C=O) groups excluding carboxylic acids is 2. The first kappa shape index (κ1) is 14.3. The first-order valence-electron chi connectivity index (χ1n) is 6.26. The van der Waals surface area contributed by atoms with Crippen LogP contribution in [0, 0.1) is 11.3 Å². The molecule has 0 saturated carbocycles. The molecule has 0 fully saturated rings. The van der Waals surface area contributed by atoms with Gasteiger partial charge in [-0.1, -0.05) is 24.3 Å². The van der Waals surface area contributed by atoms with Crippen LogP contribution in [0.5, 0.6) is 0 Å². The second-order valence-corrected chi connectivity index (χ2v) is 4.58. The number of amides is 2. The molecule has 0 radical (unpaired) electrons. The number of nitrogens with two attached hydrogens (primary N) is 2. The first-order chi connectivity index (χ1) is 10.0. The average molecular weight is 282 g/mol. The topological polar surface area (TPSA) is 113 Å². The van der Waals surface area contributed by atoms with Crippen molar-refractivity contribution < 1.29 is 9.59 Å². The van der Waals surface area contributed by atoms with Gasteiger partial charge in [0.15, 0.2) is 0 Å². The highest BCUT2D eigenvalue weighted by molar-refractivity contribution is 6.00. The van der Waals surface area contributed by atoms with Crippen LogP contribution < -0.4 is 16.4 Å². The lowest BCUT2D eigenvalue weighted by atomic mass is 10.0. The molecule has 6 nitrogen and oxygen atoms in total. The van der Waals surface area contributed by atoms with Crippen molar-refractivity contribution in [2.24, 2.45) is 11.5 Å². The molecule has 2 amide bonds. The predicted octanol–water partition coefficient (Wildman–Crippen LogP) is 0.488. The summed E-state index contributed by atoms with van der Waals surface area (Å²) >= 11 is 0. The van der Waals surface area contributed by atoms with E-state index in [9.17, 15) is 9.59 Å². The van der Waals surface area contributed by atoms with Crippen molar-refractivity contribution >= 4 is 28.3 Å². The van der Waals surface area contributed by atoms with Crippen LogP contribution in [0.15, 0.2) is 36.4 Å². The molecule has 21 heavy (non-hydrogen) atoms. The largest absolute Gasteiger partial charge is 0.368 e. The Morgan fingerprint density at radius 1 is 1.00 bits per heavy atom. The second-order valence-electron chi connectivity index (χ2n) is 4.58. The number of carbonyl (C=O) groups is 2. The second kappa shape index (κ2) is 5.92. The molecule has 2 aromatic carbocycles. The standard InChI is InChI=1S/C15H14N4O2/c16-7-10-5-6-13(12-4-2-1-3-11(10)12)19(8-14(17)20)9-15(18)21/h1-6H,8-9H2,(H2,17,20)(H2,18,21). The van der Waals surface area contributed by atoms with E-state index in [0.717, 1.165) is 10.8 Å². The zero-order valence-corrected chi connectivity index (χ0v) is 11.2. The number of hydrogen-bond acceptors (Lipinski definition) is 4. The lowest BCUT2D eigenvalue weighted by molar-refractivity contribution is -0.117. The summed E-state index contributed by atoms with van der Waals surface area (Å²) in [6.07, 6.45) is 0. The molecule has 0 aliphatic carbocycles. The van der Waals surface area contributed by atoms with Crippen molar-refractivity contribution in [3.05, 3.63) is 42.0 Å². The summed E-state index contributed by atoms with van der Waals surface area (Å²) in [5.74, 6) is -1.13. The summed E-state index contributed by atoms with van der Waals surface area (Å²) in [4.78, 5) is 23.9. The van der Waals surface area contributed by atoms with Crippen LogP contribution in [0.3, 0.4) is 0 Å². The Kier molecular flexibility index (Phi) is 4.05. The quantitative estimate of drug-likeness (QED) is 0.830. The molecule has 2 rings (SSSR count). The van der Waals surface area contributed by atoms with E-state index < -0.39 is 11.8 Å². The van der Waals surface area contributed by atoms with Crippen molar-refractivity contribution in [1.29, 1.82) is 5.26 Å². The van der Waals surface area contributed by atoms with Crippen molar-refractivity contribution in [1.82, 2.24) is 0 Å². The maximum Gasteiger partial charge on any atom is 0.236 e. The molecule has 0 aliphatic heterocycles. The highest BCUT2D eigenvalue weighted by atomic mass is 16.2. The Bertz CT molecular complexity index is 733. The van der Waals surface area contributed by atoms with Crippen LogP contribution in [0.4, 0.5) is 5.69 Å². The minimum atomic E-state index is -0.565. The maximum atomic E-state index is 11.2. The van der Waals surface area contributed by atoms with Gasteiger partial charge >= 0.3 is 0 Å². The van der Waals surface area contributed by atoms with Crippen molar-refractivity contribution in [2.45, 2.75) is 0 Å². The number of rotatable bonds is 5. The van der Waals surface area contributed by atoms with Gasteiger partial charge in [0.05, 0.1) is 24.7 Å². The SMILES string of the molecule is N#Cc1ccc(N(CC(N)=O)CC(N)=O)c2ccccc12. The van der Waals surface area contributed by atoms with Crippen LogP contribution in [-0.2, 0) is 9.59 Å². The minimum absolute atomic E-state index is 0.126. The summed E-state index contributed by atoms with van der Waals surface area (Å²) < 4.78 is 0. The minimum Gasteiger partial charge on any atom is -0.368 e. The van der Waals surface area contributed by atoms with Gasteiger partial charge in [-0.25, -0.2) is 0 Å². The van der Waals surface area contributed by atoms with Gasteiger partial charge in [-0.05, 0) is 12.1 Å². The van der Waals surface area contributed by atoms with E-state index in [2.05, 4.69) is 6.07 Å². The van der Waals surface area contributed by atoms with E-state index in [1.54, 1.807) is 12.1 Å². The molecule has 0 aromatic heterocycles. The Morgan fingerprint density at radius 2 is 1.57 bits per heavy atom. The van der Waals surface area contributed by atoms with E-state index in [1.807, 2.05) is 24.3 Å². The molecule has 0 bridgehead atoms. The number of primary amides is 2. The van der Waals surface area contributed by atoms with E-state index >= 15 is 0 Å². The predicted molar refractivity (Wildman–Crippen MR) is 79.3 cm³/mol. The molecular formula is C15H14N4O2.